The van der Waals surface area contributed by atoms with Crippen LogP contribution in [0.2, 0.25) is 0 Å². The van der Waals surface area contributed by atoms with Crippen molar-refractivity contribution >= 4 is 74.7 Å². The summed E-state index contributed by atoms with van der Waals surface area (Å²) in [6.45, 7) is 0. The number of amidine groups is 2. The Labute approximate surface area is 367 Å². The molecule has 1 aliphatic rings. The second kappa shape index (κ2) is 15.2. The van der Waals surface area contributed by atoms with E-state index in [4.69, 9.17) is 9.98 Å². The Morgan fingerprint density at radius 1 is 0.355 bits per heavy atom. The zero-order valence-electron chi connectivity index (χ0n) is 33.5. The van der Waals surface area contributed by atoms with Gasteiger partial charge in [-0.15, -0.1) is 22.7 Å². The van der Waals surface area contributed by atoms with E-state index in [-0.39, 0.29) is 6.17 Å². The maximum absolute atomic E-state index is 5.29. The fourth-order valence-electron chi connectivity index (χ4n) is 9.08. The average molecular weight is 828 g/mol. The molecule has 0 aliphatic carbocycles. The van der Waals surface area contributed by atoms with Crippen LogP contribution in [-0.2, 0) is 0 Å². The second-order valence-electron chi connectivity index (χ2n) is 15.7. The summed E-state index contributed by atoms with van der Waals surface area (Å²) in [5.41, 5.74) is 12.8. The fraction of sp³-hybridized carbons (Fsp3) is 0.0175. The van der Waals surface area contributed by atoms with Gasteiger partial charge in [-0.2, -0.15) is 0 Å². The molecule has 0 saturated carbocycles. The quantitative estimate of drug-likeness (QED) is 0.171. The van der Waals surface area contributed by atoms with Crippen LogP contribution < -0.4 is 5.32 Å². The highest BCUT2D eigenvalue weighted by atomic mass is 32.1. The smallest absolute Gasteiger partial charge is 0.159 e. The van der Waals surface area contributed by atoms with Gasteiger partial charge in [0.05, 0.1) is 0 Å². The first-order valence-electron chi connectivity index (χ1n) is 20.9. The molecule has 11 aromatic rings. The van der Waals surface area contributed by atoms with Crippen molar-refractivity contribution in [3.63, 3.8) is 0 Å². The lowest BCUT2D eigenvalue weighted by atomic mass is 9.89. The molecule has 62 heavy (non-hydrogen) atoms. The molecule has 1 N–H and O–H groups in total. The van der Waals surface area contributed by atoms with E-state index in [0.29, 0.717) is 5.84 Å². The zero-order chi connectivity index (χ0) is 41.0. The number of benzene rings is 9. The molecule has 0 bridgehead atoms. The molecule has 292 valence electrons. The van der Waals surface area contributed by atoms with Gasteiger partial charge in [-0.05, 0) is 80.4 Å². The van der Waals surface area contributed by atoms with Crippen LogP contribution in [0.1, 0.15) is 22.9 Å². The third kappa shape index (κ3) is 6.33. The summed E-state index contributed by atoms with van der Waals surface area (Å²) in [6, 6.07) is 76.3. The predicted molar refractivity (Wildman–Crippen MR) is 266 cm³/mol. The number of hydrogen-bond acceptors (Lipinski definition) is 5. The van der Waals surface area contributed by atoms with E-state index in [0.717, 1.165) is 22.5 Å². The molecule has 0 fully saturated rings. The lowest BCUT2D eigenvalue weighted by Crippen LogP contribution is -2.33. The van der Waals surface area contributed by atoms with Crippen LogP contribution in [0.15, 0.2) is 222 Å². The zero-order valence-corrected chi connectivity index (χ0v) is 35.1. The standard InChI is InChI=1S/C57H37N3S2/c1-3-15-36(16-4-1)41-19-7-9-21-44(41)45-22-10-8-20-42(45)40-33-34-50-48(35-40)54-47(25-14-28-52(54)62-50)57-59-55(38-17-5-2-6-18-38)58-56(60-57)39-31-29-37(30-32-39)43-24-13-27-51-53(43)46-23-11-12-26-49(46)61-51/h1-35,56H,(H,58,59,60). The largest absolute Gasteiger partial charge is 0.344 e. The van der Waals surface area contributed by atoms with Crippen LogP contribution in [0.25, 0.3) is 84.9 Å². The highest BCUT2D eigenvalue weighted by Crippen LogP contribution is 2.43. The third-order valence-corrected chi connectivity index (χ3v) is 14.3. The Morgan fingerprint density at radius 3 is 1.56 bits per heavy atom. The third-order valence-electron chi connectivity index (χ3n) is 12.0. The highest BCUT2D eigenvalue weighted by molar-refractivity contribution is 7.26. The van der Waals surface area contributed by atoms with Crippen molar-refractivity contribution in [2.75, 3.05) is 0 Å². The van der Waals surface area contributed by atoms with Gasteiger partial charge in [0.15, 0.2) is 5.84 Å². The Bertz CT molecular complexity index is 3540. The number of nitrogens with zero attached hydrogens (tertiary/aromatic N) is 2. The van der Waals surface area contributed by atoms with Gasteiger partial charge in [0, 0.05) is 51.5 Å². The lowest BCUT2D eigenvalue weighted by molar-refractivity contribution is 0.675. The minimum absolute atomic E-state index is 0.336. The highest BCUT2D eigenvalue weighted by Gasteiger charge is 2.24. The molecule has 2 aromatic heterocycles. The van der Waals surface area contributed by atoms with E-state index < -0.39 is 0 Å². The lowest BCUT2D eigenvalue weighted by Gasteiger charge is -2.24. The van der Waals surface area contributed by atoms with Gasteiger partial charge in [-0.3, -0.25) is 0 Å². The molecule has 1 aliphatic heterocycles. The van der Waals surface area contributed by atoms with Crippen molar-refractivity contribution in [3.05, 3.63) is 229 Å². The number of nitrogens with one attached hydrogen (secondary N) is 1. The maximum Gasteiger partial charge on any atom is 0.159 e. The fourth-order valence-corrected chi connectivity index (χ4v) is 11.3. The van der Waals surface area contributed by atoms with Crippen LogP contribution in [0.4, 0.5) is 0 Å². The molecular formula is C57H37N3S2. The first-order valence-corrected chi connectivity index (χ1v) is 22.6. The summed E-state index contributed by atoms with van der Waals surface area (Å²) < 4.78 is 5.08. The van der Waals surface area contributed by atoms with Crippen molar-refractivity contribution in [2.45, 2.75) is 6.17 Å². The summed E-state index contributed by atoms with van der Waals surface area (Å²) in [7, 11) is 0. The topological polar surface area (TPSA) is 36.8 Å². The molecule has 5 heteroatoms. The van der Waals surface area contributed by atoms with E-state index in [9.17, 15) is 0 Å². The first kappa shape index (κ1) is 36.4. The molecule has 3 nitrogen and oxygen atoms in total. The monoisotopic (exact) mass is 827 g/mol. The number of thiophene rings is 2. The second-order valence-corrected chi connectivity index (χ2v) is 17.8. The van der Waals surface area contributed by atoms with E-state index >= 15 is 0 Å². The van der Waals surface area contributed by atoms with Gasteiger partial charge in [-0.1, -0.05) is 182 Å². The number of aliphatic imine (C=N–C) groups is 2. The van der Waals surface area contributed by atoms with Crippen LogP contribution >= 0.6 is 22.7 Å². The van der Waals surface area contributed by atoms with Crippen molar-refractivity contribution < 1.29 is 0 Å². The van der Waals surface area contributed by atoms with Crippen LogP contribution in [0, 0.1) is 0 Å². The van der Waals surface area contributed by atoms with Crippen molar-refractivity contribution in [2.24, 2.45) is 9.98 Å². The van der Waals surface area contributed by atoms with Gasteiger partial charge in [0.25, 0.3) is 0 Å². The summed E-state index contributed by atoms with van der Waals surface area (Å²) in [4.78, 5) is 10.5. The van der Waals surface area contributed by atoms with E-state index in [1.165, 1.54) is 84.9 Å². The van der Waals surface area contributed by atoms with Crippen LogP contribution in [0.3, 0.4) is 0 Å². The Kier molecular flexibility index (Phi) is 8.95. The van der Waals surface area contributed by atoms with Crippen molar-refractivity contribution in [3.8, 4) is 44.5 Å². The maximum atomic E-state index is 5.29. The van der Waals surface area contributed by atoms with Gasteiger partial charge in [0.2, 0.25) is 0 Å². The summed E-state index contributed by atoms with van der Waals surface area (Å²) in [5, 5.41) is 8.84. The molecule has 0 radical (unpaired) electrons. The molecule has 0 saturated heterocycles. The molecular weight excluding hydrogens is 791 g/mol. The summed E-state index contributed by atoms with van der Waals surface area (Å²) >= 11 is 3.68. The number of hydrogen-bond donors (Lipinski definition) is 1. The Morgan fingerprint density at radius 2 is 0.855 bits per heavy atom. The van der Waals surface area contributed by atoms with Crippen LogP contribution in [-0.4, -0.2) is 11.7 Å². The summed E-state index contributed by atoms with van der Waals surface area (Å²) in [5.74, 6) is 1.53. The van der Waals surface area contributed by atoms with E-state index in [1.807, 2.05) is 28.7 Å². The first-order chi connectivity index (χ1) is 30.7. The average Bonchev–Trinajstić information content (AvgIpc) is 3.93. The van der Waals surface area contributed by atoms with Gasteiger partial charge in [0.1, 0.15) is 12.0 Å². The van der Waals surface area contributed by atoms with Crippen molar-refractivity contribution in [1.29, 1.82) is 0 Å². The molecule has 0 spiro atoms. The van der Waals surface area contributed by atoms with Gasteiger partial charge < -0.3 is 5.32 Å². The molecule has 9 aromatic carbocycles. The van der Waals surface area contributed by atoms with Crippen LogP contribution in [0.5, 0.6) is 0 Å². The SMILES string of the molecule is c1ccc(C2=NC(c3ccc(-c4cccc5sc6ccccc6c45)cc3)NC(c3cccc4sc5ccc(-c6ccccc6-c6ccccc6-c6ccccc6)cc5c34)=N2)cc1. The van der Waals surface area contributed by atoms with Gasteiger partial charge >= 0.3 is 0 Å². The molecule has 3 heterocycles. The van der Waals surface area contributed by atoms with E-state index in [2.05, 4.69) is 212 Å². The van der Waals surface area contributed by atoms with Gasteiger partial charge in [-0.25, -0.2) is 9.98 Å². The molecule has 12 rings (SSSR count). The molecule has 1 atom stereocenters. The molecule has 0 amide bonds. The molecule has 1 unspecified atom stereocenters. The Hall–Kier alpha value is -7.44. The van der Waals surface area contributed by atoms with E-state index in [1.54, 1.807) is 0 Å². The minimum Gasteiger partial charge on any atom is -0.344 e. The minimum atomic E-state index is -0.336. The number of rotatable bonds is 7. The summed E-state index contributed by atoms with van der Waals surface area (Å²) in [6.07, 6.45) is -0.336. The number of fused-ring (bicyclic) bond motifs is 6. The van der Waals surface area contributed by atoms with Crippen molar-refractivity contribution in [1.82, 2.24) is 5.32 Å². The Balaban J connectivity index is 0.956. The predicted octanol–water partition coefficient (Wildman–Crippen LogP) is 15.6. The normalized spacial score (nSPS) is 14.0.